The maximum atomic E-state index is 11.8. The largest absolute Gasteiger partial charge is 0.395 e. The zero-order valence-electron chi connectivity index (χ0n) is 10.1. The summed E-state index contributed by atoms with van der Waals surface area (Å²) >= 11 is 0. The molecule has 1 saturated heterocycles. The van der Waals surface area contributed by atoms with Gasteiger partial charge in [-0.3, -0.25) is 0 Å². The van der Waals surface area contributed by atoms with Crippen molar-refractivity contribution in [3.05, 3.63) is 0 Å². The van der Waals surface area contributed by atoms with Crippen molar-refractivity contribution in [3.8, 4) is 0 Å². The van der Waals surface area contributed by atoms with Gasteiger partial charge in [-0.15, -0.1) is 0 Å². The summed E-state index contributed by atoms with van der Waals surface area (Å²) in [4.78, 5) is 0. The van der Waals surface area contributed by atoms with Crippen LogP contribution in [-0.2, 0) is 10.0 Å². The minimum absolute atomic E-state index is 0.133. The van der Waals surface area contributed by atoms with E-state index in [-0.39, 0.29) is 12.4 Å². The quantitative estimate of drug-likeness (QED) is 0.797. The van der Waals surface area contributed by atoms with E-state index in [1.807, 2.05) is 0 Å². The van der Waals surface area contributed by atoms with Crippen LogP contribution in [-0.4, -0.2) is 43.3 Å². The Morgan fingerprint density at radius 3 is 2.69 bits per heavy atom. The molecule has 0 spiro atoms. The van der Waals surface area contributed by atoms with Crippen LogP contribution in [0.1, 0.15) is 39.0 Å². The highest BCUT2D eigenvalue weighted by Crippen LogP contribution is 2.23. The lowest BCUT2D eigenvalue weighted by Gasteiger charge is -2.19. The van der Waals surface area contributed by atoms with Crippen molar-refractivity contribution >= 4 is 10.0 Å². The fourth-order valence-electron chi connectivity index (χ4n) is 2.36. The SMILES string of the molecule is CCCC1CCCN(S(=O)(=O)CCO)CC1. The molecule has 0 amide bonds. The number of sulfonamides is 1. The van der Waals surface area contributed by atoms with E-state index in [1.165, 1.54) is 12.8 Å². The maximum Gasteiger partial charge on any atom is 0.216 e. The summed E-state index contributed by atoms with van der Waals surface area (Å²) < 4.78 is 25.1. The van der Waals surface area contributed by atoms with Crippen LogP contribution in [0, 0.1) is 5.92 Å². The Morgan fingerprint density at radius 2 is 2.06 bits per heavy atom. The first kappa shape index (κ1) is 13.9. The lowest BCUT2D eigenvalue weighted by Crippen LogP contribution is -2.34. The van der Waals surface area contributed by atoms with Gasteiger partial charge < -0.3 is 5.11 Å². The first-order chi connectivity index (χ1) is 7.60. The van der Waals surface area contributed by atoms with Gasteiger partial charge in [0.25, 0.3) is 0 Å². The molecule has 0 aliphatic carbocycles. The molecule has 1 atom stereocenters. The number of nitrogens with zero attached hydrogens (tertiary/aromatic N) is 1. The Labute approximate surface area is 98.7 Å². The average Bonchev–Trinajstić information content (AvgIpc) is 2.44. The zero-order valence-corrected chi connectivity index (χ0v) is 10.9. The Hall–Kier alpha value is -0.130. The summed E-state index contributed by atoms with van der Waals surface area (Å²) in [5.41, 5.74) is 0. The molecule has 0 saturated carbocycles. The lowest BCUT2D eigenvalue weighted by molar-refractivity contribution is 0.314. The summed E-state index contributed by atoms with van der Waals surface area (Å²) in [6, 6.07) is 0. The Morgan fingerprint density at radius 1 is 1.31 bits per heavy atom. The lowest BCUT2D eigenvalue weighted by atomic mass is 9.96. The fourth-order valence-corrected chi connectivity index (χ4v) is 3.64. The second-order valence-electron chi connectivity index (χ2n) is 4.52. The van der Waals surface area contributed by atoms with Gasteiger partial charge in [-0.2, -0.15) is 0 Å². The predicted molar refractivity (Wildman–Crippen MR) is 64.7 cm³/mol. The number of aliphatic hydroxyl groups is 1. The highest BCUT2D eigenvalue weighted by atomic mass is 32.2. The minimum atomic E-state index is -3.21. The van der Waals surface area contributed by atoms with E-state index in [4.69, 9.17) is 5.11 Å². The van der Waals surface area contributed by atoms with E-state index in [9.17, 15) is 8.42 Å². The zero-order chi connectivity index (χ0) is 12.0. The van der Waals surface area contributed by atoms with Gasteiger partial charge in [-0.05, 0) is 25.2 Å². The molecule has 4 nitrogen and oxygen atoms in total. The Kier molecular flexibility index (Phi) is 5.72. The number of hydrogen-bond acceptors (Lipinski definition) is 3. The molecule has 16 heavy (non-hydrogen) atoms. The third-order valence-corrected chi connectivity index (χ3v) is 5.10. The van der Waals surface area contributed by atoms with E-state index in [0.717, 1.165) is 19.3 Å². The first-order valence-corrected chi connectivity index (χ1v) is 7.79. The molecule has 1 heterocycles. The van der Waals surface area contributed by atoms with Crippen LogP contribution in [0.15, 0.2) is 0 Å². The monoisotopic (exact) mass is 249 g/mol. The second kappa shape index (κ2) is 6.57. The molecule has 0 aromatic heterocycles. The van der Waals surface area contributed by atoms with Crippen molar-refractivity contribution in [2.75, 3.05) is 25.4 Å². The molecule has 1 rings (SSSR count). The molecule has 1 aliphatic rings. The molecule has 0 aromatic carbocycles. The first-order valence-electron chi connectivity index (χ1n) is 6.19. The predicted octanol–water partition coefficient (Wildman–Crippen LogP) is 1.21. The summed E-state index contributed by atoms with van der Waals surface area (Å²) in [5, 5.41) is 8.73. The van der Waals surface area contributed by atoms with Gasteiger partial charge in [0.1, 0.15) is 0 Å². The molecule has 1 unspecified atom stereocenters. The van der Waals surface area contributed by atoms with Crippen molar-refractivity contribution in [2.24, 2.45) is 5.92 Å². The fraction of sp³-hybridized carbons (Fsp3) is 1.00. The third-order valence-electron chi connectivity index (χ3n) is 3.25. The number of hydrogen-bond donors (Lipinski definition) is 1. The van der Waals surface area contributed by atoms with Crippen LogP contribution in [0.3, 0.4) is 0 Å². The van der Waals surface area contributed by atoms with Crippen LogP contribution < -0.4 is 0 Å². The van der Waals surface area contributed by atoms with E-state index < -0.39 is 10.0 Å². The van der Waals surface area contributed by atoms with Gasteiger partial charge in [0.2, 0.25) is 10.0 Å². The molecule has 0 aromatic rings. The molecule has 96 valence electrons. The summed E-state index contributed by atoms with van der Waals surface area (Å²) in [5.74, 6) is 0.546. The van der Waals surface area contributed by atoms with Gasteiger partial charge >= 0.3 is 0 Å². The van der Waals surface area contributed by atoms with E-state index >= 15 is 0 Å². The van der Waals surface area contributed by atoms with Gasteiger partial charge in [-0.25, -0.2) is 12.7 Å². The molecule has 0 bridgehead atoms. The standard InChI is InChI=1S/C11H23NO3S/c1-2-4-11-5-3-7-12(8-6-11)16(14,15)10-9-13/h11,13H,2-10H2,1H3. The van der Waals surface area contributed by atoms with E-state index in [0.29, 0.717) is 19.0 Å². The molecular formula is C11H23NO3S. The van der Waals surface area contributed by atoms with Crippen LogP contribution in [0.2, 0.25) is 0 Å². The minimum Gasteiger partial charge on any atom is -0.395 e. The van der Waals surface area contributed by atoms with Crippen molar-refractivity contribution < 1.29 is 13.5 Å². The normalized spacial score (nSPS) is 24.2. The summed E-state index contributed by atoms with van der Waals surface area (Å²) in [6.45, 7) is 3.15. The number of aliphatic hydroxyl groups excluding tert-OH is 1. The molecule has 5 heteroatoms. The average molecular weight is 249 g/mol. The summed E-state index contributed by atoms with van der Waals surface area (Å²) in [6.07, 6.45) is 5.44. The number of rotatable bonds is 5. The topological polar surface area (TPSA) is 57.6 Å². The third kappa shape index (κ3) is 4.03. The highest BCUT2D eigenvalue weighted by Gasteiger charge is 2.24. The van der Waals surface area contributed by atoms with E-state index in [1.54, 1.807) is 4.31 Å². The van der Waals surface area contributed by atoms with Gasteiger partial charge in [0, 0.05) is 13.1 Å². The van der Waals surface area contributed by atoms with Gasteiger partial charge in [0.05, 0.1) is 12.4 Å². The second-order valence-corrected chi connectivity index (χ2v) is 6.61. The maximum absolute atomic E-state index is 11.8. The van der Waals surface area contributed by atoms with Crippen molar-refractivity contribution in [3.63, 3.8) is 0 Å². The molecule has 1 aliphatic heterocycles. The summed E-state index contributed by atoms with van der Waals surface area (Å²) in [7, 11) is -3.21. The van der Waals surface area contributed by atoms with Crippen LogP contribution in [0.5, 0.6) is 0 Å². The van der Waals surface area contributed by atoms with Crippen molar-refractivity contribution in [1.29, 1.82) is 0 Å². The van der Waals surface area contributed by atoms with Gasteiger partial charge in [-0.1, -0.05) is 19.8 Å². The van der Waals surface area contributed by atoms with E-state index in [2.05, 4.69) is 6.92 Å². The molecule has 1 N–H and O–H groups in total. The molecule has 1 fully saturated rings. The highest BCUT2D eigenvalue weighted by molar-refractivity contribution is 7.89. The van der Waals surface area contributed by atoms with Crippen LogP contribution in [0.25, 0.3) is 0 Å². The Bertz CT molecular complexity index is 290. The van der Waals surface area contributed by atoms with Crippen molar-refractivity contribution in [2.45, 2.75) is 39.0 Å². The molecular weight excluding hydrogens is 226 g/mol. The van der Waals surface area contributed by atoms with Crippen LogP contribution in [0.4, 0.5) is 0 Å². The molecule has 0 radical (unpaired) electrons. The van der Waals surface area contributed by atoms with Crippen LogP contribution >= 0.6 is 0 Å². The smallest absolute Gasteiger partial charge is 0.216 e. The Balaban J connectivity index is 2.53. The van der Waals surface area contributed by atoms with Crippen molar-refractivity contribution in [1.82, 2.24) is 4.31 Å². The van der Waals surface area contributed by atoms with Gasteiger partial charge in [0.15, 0.2) is 0 Å².